The fourth-order valence-electron chi connectivity index (χ4n) is 3.23. The Balaban J connectivity index is 0.00000291. The van der Waals surface area contributed by atoms with Gasteiger partial charge in [0.1, 0.15) is 11.5 Å². The standard InChI is InChI=1S/C23H30N2O3.CH4O.H2/c1-6-17(18-7-9-20(27-4)10-8-18)12-19(14-24)25-23(26)21-13-22(28-5)16(3)11-15(21)2;1-2;/h6-11,13,19H,12,14,24H2,1-5H3,(H,25,26);2H,1H3;1H/b17-6+;;. The van der Waals surface area contributed by atoms with Gasteiger partial charge in [0.2, 0.25) is 0 Å². The monoisotopic (exact) mass is 416 g/mol. The highest BCUT2D eigenvalue weighted by Gasteiger charge is 2.18. The molecule has 2 aromatic rings. The maximum absolute atomic E-state index is 12.8. The minimum atomic E-state index is -0.174. The molecule has 0 aromatic heterocycles. The second-order valence-corrected chi connectivity index (χ2v) is 6.79. The number of aliphatic hydroxyl groups excluding tert-OH is 1. The van der Waals surface area contributed by atoms with E-state index in [9.17, 15) is 4.79 Å². The number of rotatable bonds is 8. The maximum Gasteiger partial charge on any atom is 0.251 e. The molecule has 6 nitrogen and oxygen atoms in total. The van der Waals surface area contributed by atoms with Crippen molar-refractivity contribution >= 4 is 11.5 Å². The molecule has 1 unspecified atom stereocenters. The topological polar surface area (TPSA) is 93.8 Å². The highest BCUT2D eigenvalue weighted by atomic mass is 16.5. The van der Waals surface area contributed by atoms with E-state index in [1.54, 1.807) is 20.3 Å². The van der Waals surface area contributed by atoms with Crippen molar-refractivity contribution in [3.8, 4) is 11.5 Å². The number of carbonyl (C=O) groups is 1. The van der Waals surface area contributed by atoms with Gasteiger partial charge in [-0.1, -0.05) is 24.3 Å². The third kappa shape index (κ3) is 6.61. The minimum absolute atomic E-state index is 0. The van der Waals surface area contributed by atoms with Gasteiger partial charge in [0.25, 0.3) is 5.91 Å². The molecule has 166 valence electrons. The van der Waals surface area contributed by atoms with Crippen LogP contribution in [0.3, 0.4) is 0 Å². The van der Waals surface area contributed by atoms with Gasteiger partial charge in [0.15, 0.2) is 0 Å². The third-order valence-corrected chi connectivity index (χ3v) is 4.88. The lowest BCUT2D eigenvalue weighted by Crippen LogP contribution is -2.40. The van der Waals surface area contributed by atoms with Crippen LogP contribution in [0.25, 0.3) is 5.57 Å². The van der Waals surface area contributed by atoms with Crippen LogP contribution in [0.5, 0.6) is 11.5 Å². The summed E-state index contributed by atoms with van der Waals surface area (Å²) in [6.45, 7) is 6.22. The molecule has 0 bridgehead atoms. The summed E-state index contributed by atoms with van der Waals surface area (Å²) in [5.74, 6) is 1.37. The molecule has 0 aliphatic carbocycles. The first-order valence-corrected chi connectivity index (χ1v) is 9.84. The van der Waals surface area contributed by atoms with Crippen LogP contribution < -0.4 is 20.5 Å². The molecule has 0 saturated heterocycles. The van der Waals surface area contributed by atoms with Crippen molar-refractivity contribution in [3.63, 3.8) is 0 Å². The second kappa shape index (κ2) is 12.7. The fourth-order valence-corrected chi connectivity index (χ4v) is 3.23. The first-order chi connectivity index (χ1) is 14.4. The smallest absolute Gasteiger partial charge is 0.251 e. The number of ether oxygens (including phenoxy) is 2. The van der Waals surface area contributed by atoms with Crippen LogP contribution in [0.4, 0.5) is 0 Å². The second-order valence-electron chi connectivity index (χ2n) is 6.79. The van der Waals surface area contributed by atoms with E-state index in [4.69, 9.17) is 20.3 Å². The summed E-state index contributed by atoms with van der Waals surface area (Å²) in [5.41, 5.74) is 10.7. The fraction of sp³-hybridized carbons (Fsp3) is 0.375. The molecule has 0 radical (unpaired) electrons. The quantitative estimate of drug-likeness (QED) is 0.610. The summed E-state index contributed by atoms with van der Waals surface area (Å²) in [5, 5.41) is 10.1. The Bertz CT molecular complexity index is 851. The average molecular weight is 417 g/mol. The third-order valence-electron chi connectivity index (χ3n) is 4.88. The van der Waals surface area contributed by atoms with Crippen molar-refractivity contribution in [3.05, 3.63) is 64.7 Å². The molecule has 1 atom stereocenters. The molecular formula is C24H36N2O4. The summed E-state index contributed by atoms with van der Waals surface area (Å²) in [4.78, 5) is 12.8. The number of hydrogen-bond acceptors (Lipinski definition) is 5. The van der Waals surface area contributed by atoms with Crippen LogP contribution in [0, 0.1) is 13.8 Å². The Morgan fingerprint density at radius 3 is 2.27 bits per heavy atom. The molecule has 2 rings (SSSR count). The lowest BCUT2D eigenvalue weighted by molar-refractivity contribution is 0.0938. The molecule has 0 aliphatic rings. The predicted octanol–water partition coefficient (Wildman–Crippen LogP) is 3.73. The number of methoxy groups -OCH3 is 2. The molecule has 0 aliphatic heterocycles. The van der Waals surface area contributed by atoms with Gasteiger partial charge in [-0.05, 0) is 67.7 Å². The summed E-state index contributed by atoms with van der Waals surface area (Å²) >= 11 is 0. The van der Waals surface area contributed by atoms with Gasteiger partial charge in [-0.15, -0.1) is 0 Å². The summed E-state index contributed by atoms with van der Waals surface area (Å²) in [7, 11) is 4.25. The number of nitrogens with two attached hydrogens (primary N) is 1. The Morgan fingerprint density at radius 2 is 1.77 bits per heavy atom. The zero-order valence-electron chi connectivity index (χ0n) is 18.8. The van der Waals surface area contributed by atoms with Gasteiger partial charge in [-0.2, -0.15) is 0 Å². The molecule has 0 heterocycles. The van der Waals surface area contributed by atoms with E-state index in [1.165, 1.54) is 0 Å². The number of benzene rings is 2. The van der Waals surface area contributed by atoms with Crippen LogP contribution in [0.15, 0.2) is 42.5 Å². The van der Waals surface area contributed by atoms with Gasteiger partial charge >= 0.3 is 0 Å². The Hall–Kier alpha value is -2.83. The average Bonchev–Trinajstić information content (AvgIpc) is 2.78. The van der Waals surface area contributed by atoms with Gasteiger partial charge in [0, 0.05) is 26.7 Å². The SMILES string of the molecule is C/C=C(\CC(CN)NC(=O)c1cc(OC)c(C)cc1C)c1ccc(OC)cc1.CO.[HH]. The van der Waals surface area contributed by atoms with Gasteiger partial charge in [0.05, 0.1) is 14.2 Å². The predicted molar refractivity (Wildman–Crippen MR) is 124 cm³/mol. The molecule has 0 fully saturated rings. The highest BCUT2D eigenvalue weighted by molar-refractivity contribution is 5.96. The van der Waals surface area contributed by atoms with Crippen molar-refractivity contribution in [2.24, 2.45) is 5.73 Å². The van der Waals surface area contributed by atoms with Crippen molar-refractivity contribution in [2.75, 3.05) is 27.9 Å². The minimum Gasteiger partial charge on any atom is -0.497 e. The van der Waals surface area contributed by atoms with E-state index < -0.39 is 0 Å². The Kier molecular flexibility index (Phi) is 10.6. The molecular weight excluding hydrogens is 380 g/mol. The summed E-state index contributed by atoms with van der Waals surface area (Å²) in [6, 6.07) is 11.4. The molecule has 6 heteroatoms. The van der Waals surface area contributed by atoms with Gasteiger partial charge < -0.3 is 25.6 Å². The van der Waals surface area contributed by atoms with E-state index >= 15 is 0 Å². The number of allylic oxidation sites excluding steroid dienone is 1. The lowest BCUT2D eigenvalue weighted by Gasteiger charge is -2.20. The molecule has 1 amide bonds. The van der Waals surface area contributed by atoms with Crippen molar-refractivity contribution in [1.29, 1.82) is 0 Å². The maximum atomic E-state index is 12.8. The molecule has 30 heavy (non-hydrogen) atoms. The number of carbonyl (C=O) groups excluding carboxylic acids is 1. The van der Waals surface area contributed by atoms with Crippen LogP contribution >= 0.6 is 0 Å². The zero-order chi connectivity index (χ0) is 22.7. The zero-order valence-corrected chi connectivity index (χ0v) is 18.8. The van der Waals surface area contributed by atoms with Gasteiger partial charge in [-0.25, -0.2) is 0 Å². The number of aliphatic hydroxyl groups is 1. The first kappa shape index (κ1) is 25.2. The van der Waals surface area contributed by atoms with Crippen LogP contribution in [-0.2, 0) is 0 Å². The first-order valence-electron chi connectivity index (χ1n) is 9.84. The lowest BCUT2D eigenvalue weighted by atomic mass is 9.97. The number of nitrogens with one attached hydrogen (secondary N) is 1. The number of aryl methyl sites for hydroxylation is 2. The summed E-state index contributed by atoms with van der Waals surface area (Å²) in [6.07, 6.45) is 2.70. The number of amides is 1. The molecule has 0 spiro atoms. The number of hydrogen-bond donors (Lipinski definition) is 3. The van der Waals surface area contributed by atoms with Crippen LogP contribution in [0.1, 0.15) is 41.8 Å². The van der Waals surface area contributed by atoms with Crippen LogP contribution in [0.2, 0.25) is 0 Å². The van der Waals surface area contributed by atoms with E-state index in [0.29, 0.717) is 24.3 Å². The van der Waals surface area contributed by atoms with E-state index in [0.717, 1.165) is 35.1 Å². The van der Waals surface area contributed by atoms with Crippen LogP contribution in [-0.4, -0.2) is 44.9 Å². The molecule has 4 N–H and O–H groups in total. The van der Waals surface area contributed by atoms with Crippen molar-refractivity contribution in [2.45, 2.75) is 33.2 Å². The molecule has 2 aromatic carbocycles. The normalized spacial score (nSPS) is 11.8. The highest BCUT2D eigenvalue weighted by Crippen LogP contribution is 2.24. The largest absolute Gasteiger partial charge is 0.497 e. The Morgan fingerprint density at radius 1 is 1.13 bits per heavy atom. The van der Waals surface area contributed by atoms with Crippen molar-refractivity contribution in [1.82, 2.24) is 5.32 Å². The van der Waals surface area contributed by atoms with Crippen molar-refractivity contribution < 1.29 is 20.8 Å². The van der Waals surface area contributed by atoms with E-state index in [1.807, 2.05) is 51.1 Å². The molecule has 0 saturated carbocycles. The van der Waals surface area contributed by atoms with E-state index in [2.05, 4.69) is 11.4 Å². The summed E-state index contributed by atoms with van der Waals surface area (Å²) < 4.78 is 10.6. The van der Waals surface area contributed by atoms with E-state index in [-0.39, 0.29) is 13.4 Å². The van der Waals surface area contributed by atoms with Gasteiger partial charge in [-0.3, -0.25) is 4.79 Å². The Labute approximate surface area is 181 Å².